The minimum Gasteiger partial charge on any atom is -0.396 e. The number of nitrogens with zero attached hydrogens (tertiary/aromatic N) is 2. The van der Waals surface area contributed by atoms with E-state index in [1.165, 1.54) is 12.1 Å². The molecule has 0 aliphatic carbocycles. The van der Waals surface area contributed by atoms with E-state index in [2.05, 4.69) is 22.2 Å². The summed E-state index contributed by atoms with van der Waals surface area (Å²) in [6.45, 7) is 2.21. The lowest BCUT2D eigenvalue weighted by atomic mass is 10.1. The van der Waals surface area contributed by atoms with E-state index < -0.39 is 0 Å². The predicted molar refractivity (Wildman–Crippen MR) is 82.5 cm³/mol. The molecule has 0 saturated heterocycles. The summed E-state index contributed by atoms with van der Waals surface area (Å²) >= 11 is 0. The van der Waals surface area contributed by atoms with E-state index in [0.29, 0.717) is 23.1 Å². The summed E-state index contributed by atoms with van der Waals surface area (Å²) in [4.78, 5) is 8.28. The molecular formula is C15H21FN4O. The number of anilines is 2. The molecule has 5 nitrogen and oxygen atoms in total. The maximum absolute atomic E-state index is 13.5. The van der Waals surface area contributed by atoms with Crippen molar-refractivity contribution in [3.63, 3.8) is 0 Å². The Morgan fingerprint density at radius 1 is 1.33 bits per heavy atom. The first-order chi connectivity index (χ1) is 10.1. The average molecular weight is 292 g/mol. The second-order valence-electron chi connectivity index (χ2n) is 5.09. The summed E-state index contributed by atoms with van der Waals surface area (Å²) < 4.78 is 13.5. The van der Waals surface area contributed by atoms with E-state index in [-0.39, 0.29) is 24.4 Å². The van der Waals surface area contributed by atoms with E-state index in [0.717, 1.165) is 19.3 Å². The number of rotatable bonds is 7. The van der Waals surface area contributed by atoms with Crippen LogP contribution in [0.2, 0.25) is 0 Å². The van der Waals surface area contributed by atoms with Crippen LogP contribution in [-0.4, -0.2) is 27.7 Å². The van der Waals surface area contributed by atoms with Gasteiger partial charge in [-0.3, -0.25) is 0 Å². The summed E-state index contributed by atoms with van der Waals surface area (Å²) in [5.41, 5.74) is 6.31. The lowest BCUT2D eigenvalue weighted by Gasteiger charge is -2.19. The van der Waals surface area contributed by atoms with Crippen LogP contribution in [0.15, 0.2) is 18.2 Å². The van der Waals surface area contributed by atoms with Gasteiger partial charge < -0.3 is 16.2 Å². The van der Waals surface area contributed by atoms with Gasteiger partial charge in [0, 0.05) is 18.0 Å². The highest BCUT2D eigenvalue weighted by Crippen LogP contribution is 2.24. The second kappa shape index (κ2) is 7.17. The van der Waals surface area contributed by atoms with Crippen molar-refractivity contribution in [1.82, 2.24) is 9.97 Å². The number of nitrogens with two attached hydrogens (primary N) is 1. The number of unbranched alkanes of at least 4 members (excludes halogenated alkanes) is 1. The molecule has 0 spiro atoms. The van der Waals surface area contributed by atoms with Gasteiger partial charge in [-0.25, -0.2) is 9.37 Å². The molecule has 4 N–H and O–H groups in total. The number of fused-ring (bicyclic) bond motifs is 1. The van der Waals surface area contributed by atoms with Crippen molar-refractivity contribution in [3.05, 3.63) is 24.0 Å². The third kappa shape index (κ3) is 4.01. The summed E-state index contributed by atoms with van der Waals surface area (Å²) in [5.74, 6) is 0.326. The lowest BCUT2D eigenvalue weighted by Crippen LogP contribution is -2.22. The number of benzene rings is 1. The SMILES string of the molecule is CCCC[C@@H](CCO)Nc1nc(N)nc2ccc(F)cc12. The largest absolute Gasteiger partial charge is 0.396 e. The molecule has 2 rings (SSSR count). The molecule has 0 saturated carbocycles. The molecule has 0 amide bonds. The van der Waals surface area contributed by atoms with Crippen LogP contribution >= 0.6 is 0 Å². The maximum atomic E-state index is 13.5. The minimum atomic E-state index is -0.341. The fraction of sp³-hybridized carbons (Fsp3) is 0.467. The summed E-state index contributed by atoms with van der Waals surface area (Å²) in [5, 5.41) is 13.0. The van der Waals surface area contributed by atoms with Gasteiger partial charge in [-0.15, -0.1) is 0 Å². The van der Waals surface area contributed by atoms with Gasteiger partial charge in [0.15, 0.2) is 0 Å². The Kier molecular flexibility index (Phi) is 5.27. The van der Waals surface area contributed by atoms with Gasteiger partial charge in [0.05, 0.1) is 5.52 Å². The lowest BCUT2D eigenvalue weighted by molar-refractivity contribution is 0.276. The monoisotopic (exact) mass is 292 g/mol. The van der Waals surface area contributed by atoms with E-state index in [1.807, 2.05) is 0 Å². The van der Waals surface area contributed by atoms with Crippen LogP contribution < -0.4 is 11.1 Å². The van der Waals surface area contributed by atoms with Gasteiger partial charge in [0.2, 0.25) is 5.95 Å². The number of halogens is 1. The molecular weight excluding hydrogens is 271 g/mol. The predicted octanol–water partition coefficient (Wildman–Crippen LogP) is 2.70. The maximum Gasteiger partial charge on any atom is 0.222 e. The standard InChI is InChI=1S/C15H21FN4O/c1-2-3-4-11(7-8-21)18-14-12-9-10(16)5-6-13(12)19-15(17)20-14/h5-6,9,11,21H,2-4,7-8H2,1H3,(H3,17,18,19,20)/t11-/m0/s1. The Hall–Kier alpha value is -1.95. The van der Waals surface area contributed by atoms with Crippen molar-refractivity contribution >= 4 is 22.7 Å². The third-order valence-electron chi connectivity index (χ3n) is 3.40. The van der Waals surface area contributed by atoms with E-state index in [9.17, 15) is 4.39 Å². The highest BCUT2D eigenvalue weighted by molar-refractivity contribution is 5.90. The number of aliphatic hydroxyl groups is 1. The molecule has 6 heteroatoms. The molecule has 1 heterocycles. The van der Waals surface area contributed by atoms with Crippen LogP contribution in [0.4, 0.5) is 16.2 Å². The minimum absolute atomic E-state index is 0.0794. The highest BCUT2D eigenvalue weighted by atomic mass is 19.1. The zero-order valence-corrected chi connectivity index (χ0v) is 12.1. The zero-order valence-electron chi connectivity index (χ0n) is 12.1. The fourth-order valence-corrected chi connectivity index (χ4v) is 2.32. The van der Waals surface area contributed by atoms with E-state index in [4.69, 9.17) is 10.8 Å². The van der Waals surface area contributed by atoms with Crippen molar-refractivity contribution in [2.75, 3.05) is 17.7 Å². The number of hydrogen-bond donors (Lipinski definition) is 3. The molecule has 1 aromatic heterocycles. The third-order valence-corrected chi connectivity index (χ3v) is 3.40. The molecule has 0 fully saturated rings. The van der Waals surface area contributed by atoms with Crippen LogP contribution in [0.3, 0.4) is 0 Å². The first kappa shape index (κ1) is 15.4. The molecule has 114 valence electrons. The molecule has 0 aliphatic rings. The van der Waals surface area contributed by atoms with Gasteiger partial charge in [0.1, 0.15) is 11.6 Å². The van der Waals surface area contributed by atoms with Gasteiger partial charge in [-0.1, -0.05) is 19.8 Å². The quantitative estimate of drug-likeness (QED) is 0.730. The molecule has 0 bridgehead atoms. The number of nitrogens with one attached hydrogen (secondary N) is 1. The van der Waals surface area contributed by atoms with Gasteiger partial charge in [0.25, 0.3) is 0 Å². The normalized spacial score (nSPS) is 12.5. The number of hydrogen-bond acceptors (Lipinski definition) is 5. The average Bonchev–Trinajstić information content (AvgIpc) is 2.45. The second-order valence-corrected chi connectivity index (χ2v) is 5.09. The Balaban J connectivity index is 2.32. The van der Waals surface area contributed by atoms with Crippen LogP contribution in [0.25, 0.3) is 10.9 Å². The van der Waals surface area contributed by atoms with Gasteiger partial charge in [-0.05, 0) is 31.0 Å². The topological polar surface area (TPSA) is 84.1 Å². The molecule has 0 unspecified atom stereocenters. The van der Waals surface area contributed by atoms with Crippen molar-refractivity contribution in [2.45, 2.75) is 38.6 Å². The van der Waals surface area contributed by atoms with Crippen LogP contribution in [0.5, 0.6) is 0 Å². The summed E-state index contributed by atoms with van der Waals surface area (Å²) in [6, 6.07) is 4.41. The molecule has 1 atom stereocenters. The number of aliphatic hydroxyl groups excluding tert-OH is 1. The Morgan fingerprint density at radius 3 is 2.86 bits per heavy atom. The van der Waals surface area contributed by atoms with Crippen LogP contribution in [0, 0.1) is 5.82 Å². The summed E-state index contributed by atoms with van der Waals surface area (Å²) in [7, 11) is 0. The fourth-order valence-electron chi connectivity index (χ4n) is 2.32. The molecule has 0 aliphatic heterocycles. The molecule has 2 aromatic rings. The molecule has 0 radical (unpaired) electrons. The van der Waals surface area contributed by atoms with Crippen molar-refractivity contribution in [1.29, 1.82) is 0 Å². The Morgan fingerprint density at radius 2 is 2.14 bits per heavy atom. The number of aromatic nitrogens is 2. The van der Waals surface area contributed by atoms with E-state index >= 15 is 0 Å². The Bertz CT molecular complexity index is 605. The van der Waals surface area contributed by atoms with Gasteiger partial charge in [-0.2, -0.15) is 4.98 Å². The van der Waals surface area contributed by atoms with Gasteiger partial charge >= 0.3 is 0 Å². The van der Waals surface area contributed by atoms with E-state index in [1.54, 1.807) is 6.07 Å². The zero-order chi connectivity index (χ0) is 15.2. The van der Waals surface area contributed by atoms with Crippen molar-refractivity contribution < 1.29 is 9.50 Å². The Labute approximate surface area is 123 Å². The first-order valence-corrected chi connectivity index (χ1v) is 7.24. The van der Waals surface area contributed by atoms with Crippen molar-refractivity contribution in [3.8, 4) is 0 Å². The summed E-state index contributed by atoms with van der Waals surface area (Å²) in [6.07, 6.45) is 3.65. The van der Waals surface area contributed by atoms with Crippen LogP contribution in [-0.2, 0) is 0 Å². The highest BCUT2D eigenvalue weighted by Gasteiger charge is 2.13. The van der Waals surface area contributed by atoms with Crippen molar-refractivity contribution in [2.24, 2.45) is 0 Å². The van der Waals surface area contributed by atoms with Crippen LogP contribution in [0.1, 0.15) is 32.6 Å². The number of nitrogen functional groups attached to an aromatic ring is 1. The molecule has 1 aromatic carbocycles. The first-order valence-electron chi connectivity index (χ1n) is 7.24. The smallest absolute Gasteiger partial charge is 0.222 e. The molecule has 21 heavy (non-hydrogen) atoms.